The highest BCUT2D eigenvalue weighted by Gasteiger charge is 2.31. The maximum atomic E-state index is 13.0. The molecule has 1 heterocycles. The lowest BCUT2D eigenvalue weighted by molar-refractivity contribution is -0.119. The number of hydrogen-bond donors (Lipinski definition) is 10. The largest absolute Gasteiger partial charge is 0.394 e. The zero-order valence-electron chi connectivity index (χ0n) is 31.1. The van der Waals surface area contributed by atoms with E-state index in [1.54, 1.807) is 12.1 Å². The van der Waals surface area contributed by atoms with E-state index in [1.165, 1.54) is 0 Å². The number of carbonyl (C=O) groups excluding carboxylic acids is 2. The van der Waals surface area contributed by atoms with Crippen LogP contribution in [0.1, 0.15) is 70.1 Å². The van der Waals surface area contributed by atoms with Gasteiger partial charge in [-0.25, -0.2) is 9.97 Å². The van der Waals surface area contributed by atoms with Crippen molar-refractivity contribution in [2.45, 2.75) is 76.9 Å². The molecule has 0 aliphatic carbocycles. The summed E-state index contributed by atoms with van der Waals surface area (Å²) in [4.78, 5) is 35.7. The minimum atomic E-state index is -1.70. The van der Waals surface area contributed by atoms with Gasteiger partial charge in [-0.3, -0.25) is 14.5 Å². The number of benzene rings is 2. The van der Waals surface area contributed by atoms with Gasteiger partial charge in [0.25, 0.3) is 11.8 Å². The lowest BCUT2D eigenvalue weighted by atomic mass is 9.95. The number of aliphatic hydroxyl groups excluding tert-OH is 5. The average Bonchev–Trinajstić information content (AvgIpc) is 3.16. The summed E-state index contributed by atoms with van der Waals surface area (Å²) in [5.41, 5.74) is 15.2. The molecular formula is C38H57ClN8O7. The molecule has 2 amide bonds. The van der Waals surface area contributed by atoms with Gasteiger partial charge in [-0.2, -0.15) is 0 Å². The van der Waals surface area contributed by atoms with Crippen molar-refractivity contribution in [1.29, 1.82) is 0 Å². The van der Waals surface area contributed by atoms with Crippen LogP contribution in [-0.2, 0) is 13.0 Å². The van der Waals surface area contributed by atoms with E-state index >= 15 is 0 Å². The first-order valence-electron chi connectivity index (χ1n) is 18.4. The summed E-state index contributed by atoms with van der Waals surface area (Å²) in [6.45, 7) is 6.12. The third kappa shape index (κ3) is 14.4. The Morgan fingerprint density at radius 3 is 2.24 bits per heavy atom. The van der Waals surface area contributed by atoms with Gasteiger partial charge in [-0.15, -0.1) is 0 Å². The maximum Gasteiger partial charge on any atom is 0.273 e. The van der Waals surface area contributed by atoms with Crippen molar-refractivity contribution in [3.63, 3.8) is 0 Å². The fraction of sp³-hybridized carbons (Fsp3) is 0.526. The number of halogens is 1. The molecule has 298 valence electrons. The molecule has 3 rings (SSSR count). The van der Waals surface area contributed by atoms with Crippen LogP contribution in [0.3, 0.4) is 0 Å². The Bertz CT molecular complexity index is 1600. The second-order valence-electron chi connectivity index (χ2n) is 13.6. The van der Waals surface area contributed by atoms with Crippen LogP contribution in [-0.4, -0.2) is 123 Å². The Labute approximate surface area is 322 Å². The van der Waals surface area contributed by atoms with Gasteiger partial charge in [0.1, 0.15) is 18.3 Å². The average molecular weight is 773 g/mol. The molecule has 0 aliphatic rings. The lowest BCUT2D eigenvalue weighted by Crippen LogP contribution is -2.50. The summed E-state index contributed by atoms with van der Waals surface area (Å²) in [5, 5.41) is 58.7. The van der Waals surface area contributed by atoms with E-state index in [0.29, 0.717) is 44.7 Å². The SMILES string of the molecule is CCCCCCN(CCNC(=O)c1ccc(CNC[C@H](CNC(=O)c2nc(Cl)c(N)nc2N)Cc2ccccc2C)cc1)C[C@H](O)[C@@H](O)[C@H](O)[C@H](O)CO. The van der Waals surface area contributed by atoms with E-state index in [4.69, 9.17) is 28.2 Å². The number of amides is 2. The zero-order valence-corrected chi connectivity index (χ0v) is 31.9. The zero-order chi connectivity index (χ0) is 39.6. The fourth-order valence-corrected chi connectivity index (χ4v) is 6.04. The molecule has 0 unspecified atom stereocenters. The minimum absolute atomic E-state index is 0.00586. The predicted octanol–water partition coefficient (Wildman–Crippen LogP) is 1.03. The Balaban J connectivity index is 1.54. The van der Waals surface area contributed by atoms with Crippen LogP contribution in [0.2, 0.25) is 5.15 Å². The molecule has 0 aliphatic heterocycles. The molecule has 5 atom stereocenters. The van der Waals surface area contributed by atoms with Gasteiger partial charge in [0.05, 0.1) is 12.7 Å². The number of rotatable bonds is 24. The Morgan fingerprint density at radius 1 is 0.852 bits per heavy atom. The predicted molar refractivity (Wildman–Crippen MR) is 209 cm³/mol. The lowest BCUT2D eigenvalue weighted by Gasteiger charge is -2.30. The summed E-state index contributed by atoms with van der Waals surface area (Å²) < 4.78 is 0. The molecule has 0 fully saturated rings. The van der Waals surface area contributed by atoms with Gasteiger partial charge in [0, 0.05) is 44.8 Å². The second-order valence-corrected chi connectivity index (χ2v) is 13.9. The summed E-state index contributed by atoms with van der Waals surface area (Å²) in [7, 11) is 0. The number of aromatic nitrogens is 2. The molecule has 0 saturated heterocycles. The molecular weight excluding hydrogens is 716 g/mol. The van der Waals surface area contributed by atoms with E-state index in [0.717, 1.165) is 42.4 Å². The highest BCUT2D eigenvalue weighted by molar-refractivity contribution is 6.31. The number of unbranched alkanes of at least 4 members (excludes halogenated alkanes) is 3. The molecule has 0 spiro atoms. The molecule has 12 N–H and O–H groups in total. The third-order valence-corrected chi connectivity index (χ3v) is 9.51. The summed E-state index contributed by atoms with van der Waals surface area (Å²) in [6.07, 6.45) is -1.64. The number of nitrogens with zero attached hydrogens (tertiary/aromatic N) is 3. The number of nitrogens with one attached hydrogen (secondary N) is 3. The monoisotopic (exact) mass is 772 g/mol. The first-order valence-corrected chi connectivity index (χ1v) is 18.8. The summed E-state index contributed by atoms with van der Waals surface area (Å²) in [5.74, 6) is -0.916. The molecule has 0 saturated carbocycles. The van der Waals surface area contributed by atoms with Crippen molar-refractivity contribution < 1.29 is 35.1 Å². The number of nitrogens with two attached hydrogens (primary N) is 2. The van der Waals surface area contributed by atoms with Crippen LogP contribution in [0.25, 0.3) is 0 Å². The second kappa shape index (κ2) is 23.1. The first kappa shape index (κ1) is 44.5. The Morgan fingerprint density at radius 2 is 1.56 bits per heavy atom. The molecule has 15 nitrogen and oxygen atoms in total. The highest BCUT2D eigenvalue weighted by atomic mass is 35.5. The van der Waals surface area contributed by atoms with Crippen molar-refractivity contribution in [2.75, 3.05) is 57.3 Å². The van der Waals surface area contributed by atoms with Crippen molar-refractivity contribution in [1.82, 2.24) is 30.8 Å². The van der Waals surface area contributed by atoms with Gasteiger partial charge in [-0.05, 0) is 61.1 Å². The fourth-order valence-electron chi connectivity index (χ4n) is 5.91. The van der Waals surface area contributed by atoms with Crippen molar-refractivity contribution >= 4 is 35.1 Å². The van der Waals surface area contributed by atoms with Crippen LogP contribution in [0.15, 0.2) is 48.5 Å². The van der Waals surface area contributed by atoms with Crippen molar-refractivity contribution in [2.24, 2.45) is 5.92 Å². The van der Waals surface area contributed by atoms with E-state index in [9.17, 15) is 30.0 Å². The number of aryl methyl sites for hydroxylation is 1. The number of aliphatic hydroxyl groups is 5. The van der Waals surface area contributed by atoms with Gasteiger partial charge < -0.3 is 53.0 Å². The molecule has 54 heavy (non-hydrogen) atoms. The standard InChI is InChI=1S/C38H57ClN8O7/c1-3-4-5-8-16-47(22-29(49)32(51)33(52)30(50)23-48)17-15-43-37(53)27-13-11-25(12-14-27)19-42-20-26(18-28-10-7-6-9-24(28)2)21-44-38(54)31-35(40)46-36(41)34(39)45-31/h6-7,9-14,26,29-30,32-33,42,48-52H,3-5,8,15-23H2,1-2H3,(H,43,53)(H,44,54)(H4,40,41,46)/t26-,29+,30-,32-,33-/m1/s1. The molecule has 1 aromatic heterocycles. The Hall–Kier alpha value is -3.93. The smallest absolute Gasteiger partial charge is 0.273 e. The van der Waals surface area contributed by atoms with Gasteiger partial charge in [-0.1, -0.05) is 74.2 Å². The molecule has 16 heteroatoms. The molecule has 0 bridgehead atoms. The van der Waals surface area contributed by atoms with Gasteiger partial charge in [0.15, 0.2) is 22.5 Å². The Kier molecular flexibility index (Phi) is 19.0. The van der Waals surface area contributed by atoms with E-state index in [1.807, 2.05) is 42.2 Å². The molecule has 2 aromatic carbocycles. The number of hydrogen-bond acceptors (Lipinski definition) is 13. The normalized spacial score (nSPS) is 14.3. The van der Waals surface area contributed by atoms with Gasteiger partial charge in [0.2, 0.25) is 0 Å². The number of nitrogen functional groups attached to an aromatic ring is 2. The van der Waals surface area contributed by atoms with Crippen LogP contribution >= 0.6 is 11.6 Å². The van der Waals surface area contributed by atoms with Crippen molar-refractivity contribution in [3.05, 3.63) is 81.6 Å². The quantitative estimate of drug-likeness (QED) is 0.0572. The van der Waals surface area contributed by atoms with Crippen LogP contribution in [0.5, 0.6) is 0 Å². The minimum Gasteiger partial charge on any atom is -0.394 e. The first-order chi connectivity index (χ1) is 25.8. The van der Waals surface area contributed by atoms with Crippen LogP contribution in [0, 0.1) is 12.8 Å². The van der Waals surface area contributed by atoms with E-state index < -0.39 is 36.9 Å². The van der Waals surface area contributed by atoms with Gasteiger partial charge >= 0.3 is 0 Å². The van der Waals surface area contributed by atoms with Crippen molar-refractivity contribution in [3.8, 4) is 0 Å². The van der Waals surface area contributed by atoms with E-state index in [-0.39, 0.29) is 47.4 Å². The third-order valence-electron chi connectivity index (χ3n) is 9.23. The highest BCUT2D eigenvalue weighted by Crippen LogP contribution is 2.18. The van der Waals surface area contributed by atoms with E-state index in [2.05, 4.69) is 38.9 Å². The number of anilines is 2. The summed E-state index contributed by atoms with van der Waals surface area (Å²) in [6, 6.07) is 15.3. The maximum absolute atomic E-state index is 13.0. The van der Waals surface area contributed by atoms with Crippen LogP contribution < -0.4 is 27.4 Å². The topological polar surface area (TPSA) is 252 Å². The molecule has 0 radical (unpaired) electrons. The molecule has 3 aromatic rings. The summed E-state index contributed by atoms with van der Waals surface area (Å²) >= 11 is 5.97. The van der Waals surface area contributed by atoms with Crippen LogP contribution in [0.4, 0.5) is 11.6 Å². The number of carbonyl (C=O) groups is 2.